The Balaban J connectivity index is 2.46. The molecule has 1 amide bonds. The number of anilines is 1. The van der Waals surface area contributed by atoms with Crippen LogP contribution in [0.15, 0.2) is 16.6 Å². The first kappa shape index (κ1) is 16.4. The maximum atomic E-state index is 12.1. The summed E-state index contributed by atoms with van der Waals surface area (Å²) in [4.78, 5) is 12.1. The van der Waals surface area contributed by atoms with Crippen molar-refractivity contribution in [1.82, 2.24) is 5.32 Å². The smallest absolute Gasteiger partial charge is 0.251 e. The molecule has 1 aromatic carbocycles. The van der Waals surface area contributed by atoms with E-state index >= 15 is 0 Å². The van der Waals surface area contributed by atoms with Gasteiger partial charge in [0.05, 0.1) is 0 Å². The van der Waals surface area contributed by atoms with Gasteiger partial charge in [-0.2, -0.15) is 11.8 Å². The van der Waals surface area contributed by atoms with Crippen LogP contribution in [0, 0.1) is 6.92 Å². The highest BCUT2D eigenvalue weighted by atomic mass is 79.9. The topological polar surface area (TPSA) is 55.1 Å². The van der Waals surface area contributed by atoms with E-state index in [1.165, 1.54) is 12.2 Å². The largest absolute Gasteiger partial charge is 0.398 e. The molecular formula is C14H21BrN2OS. The number of rotatable bonds is 7. The Morgan fingerprint density at radius 1 is 1.37 bits per heavy atom. The highest BCUT2D eigenvalue weighted by molar-refractivity contribution is 9.10. The van der Waals surface area contributed by atoms with Gasteiger partial charge in [-0.25, -0.2) is 0 Å². The number of nitrogens with one attached hydrogen (secondary N) is 1. The van der Waals surface area contributed by atoms with Crippen molar-refractivity contribution in [1.29, 1.82) is 0 Å². The van der Waals surface area contributed by atoms with E-state index in [-0.39, 0.29) is 5.91 Å². The Morgan fingerprint density at radius 3 is 2.79 bits per heavy atom. The summed E-state index contributed by atoms with van der Waals surface area (Å²) in [5.74, 6) is 1.14. The van der Waals surface area contributed by atoms with Crippen LogP contribution in [0.2, 0.25) is 0 Å². The summed E-state index contributed by atoms with van der Waals surface area (Å²) in [5.41, 5.74) is 7.98. The third-order valence-electron chi connectivity index (χ3n) is 2.97. The first-order valence-electron chi connectivity index (χ1n) is 6.39. The summed E-state index contributed by atoms with van der Waals surface area (Å²) in [7, 11) is 0. The highest BCUT2D eigenvalue weighted by Crippen LogP contribution is 2.22. The zero-order valence-corrected chi connectivity index (χ0v) is 13.9. The second-order valence-corrected chi connectivity index (χ2v) is 6.38. The van der Waals surface area contributed by atoms with Crippen LogP contribution in [0.4, 0.5) is 5.69 Å². The maximum absolute atomic E-state index is 12.1. The molecule has 0 radical (unpaired) electrons. The van der Waals surface area contributed by atoms with Crippen molar-refractivity contribution in [2.75, 3.05) is 24.3 Å². The number of hydrogen-bond donors (Lipinski definition) is 2. The van der Waals surface area contributed by atoms with Gasteiger partial charge in [-0.3, -0.25) is 4.79 Å². The first-order valence-corrected chi connectivity index (χ1v) is 8.57. The quantitative estimate of drug-likeness (QED) is 0.586. The summed E-state index contributed by atoms with van der Waals surface area (Å²) < 4.78 is 0.834. The summed E-state index contributed by atoms with van der Waals surface area (Å²) >= 11 is 5.22. The van der Waals surface area contributed by atoms with E-state index in [4.69, 9.17) is 5.73 Å². The van der Waals surface area contributed by atoms with Crippen molar-refractivity contribution in [2.24, 2.45) is 0 Å². The van der Waals surface area contributed by atoms with Gasteiger partial charge < -0.3 is 11.1 Å². The molecule has 19 heavy (non-hydrogen) atoms. The third-order valence-corrected chi connectivity index (χ3v) is 4.12. The van der Waals surface area contributed by atoms with Crippen LogP contribution in [0.1, 0.15) is 35.2 Å². The van der Waals surface area contributed by atoms with Crippen molar-refractivity contribution in [3.05, 3.63) is 27.7 Å². The van der Waals surface area contributed by atoms with Gasteiger partial charge in [-0.05, 0) is 49.5 Å². The molecule has 0 aliphatic heterocycles. The zero-order chi connectivity index (χ0) is 14.3. The van der Waals surface area contributed by atoms with Crippen LogP contribution in [-0.4, -0.2) is 24.5 Å². The fourth-order valence-corrected chi connectivity index (χ4v) is 2.75. The predicted molar refractivity (Wildman–Crippen MR) is 87.9 cm³/mol. The number of amides is 1. The summed E-state index contributed by atoms with van der Waals surface area (Å²) in [5, 5.41) is 2.95. The maximum Gasteiger partial charge on any atom is 0.251 e. The van der Waals surface area contributed by atoms with Gasteiger partial charge >= 0.3 is 0 Å². The van der Waals surface area contributed by atoms with Gasteiger partial charge in [0.25, 0.3) is 5.91 Å². The molecule has 0 unspecified atom stereocenters. The Bertz CT molecular complexity index is 438. The molecule has 0 fully saturated rings. The van der Waals surface area contributed by atoms with E-state index in [2.05, 4.69) is 27.5 Å². The van der Waals surface area contributed by atoms with Crippen LogP contribution in [0.3, 0.4) is 0 Å². The van der Waals surface area contributed by atoms with Gasteiger partial charge in [0.1, 0.15) is 0 Å². The van der Waals surface area contributed by atoms with Crippen molar-refractivity contribution < 1.29 is 4.79 Å². The van der Waals surface area contributed by atoms with E-state index in [1.807, 2.05) is 30.8 Å². The Kier molecular flexibility index (Phi) is 7.31. The van der Waals surface area contributed by atoms with Crippen LogP contribution in [-0.2, 0) is 0 Å². The molecule has 0 saturated heterocycles. The monoisotopic (exact) mass is 344 g/mol. The average molecular weight is 345 g/mol. The van der Waals surface area contributed by atoms with Crippen molar-refractivity contribution in [3.8, 4) is 0 Å². The van der Waals surface area contributed by atoms with Gasteiger partial charge in [0.2, 0.25) is 0 Å². The third kappa shape index (κ3) is 5.45. The molecule has 106 valence electrons. The Labute approximate surface area is 127 Å². The average Bonchev–Trinajstić information content (AvgIpc) is 2.37. The minimum Gasteiger partial charge on any atom is -0.398 e. The van der Waals surface area contributed by atoms with E-state index in [9.17, 15) is 4.79 Å². The summed E-state index contributed by atoms with van der Waals surface area (Å²) in [6, 6.07) is 3.63. The Morgan fingerprint density at radius 2 is 2.11 bits per heavy atom. The number of thioether (sulfide) groups is 1. The van der Waals surface area contributed by atoms with Crippen molar-refractivity contribution >= 4 is 39.3 Å². The standard InChI is InChI=1S/C14H21BrN2OS/c1-10-12(8-11(15)9-13(10)16)14(18)17-6-4-3-5-7-19-2/h8-9H,3-7,16H2,1-2H3,(H,17,18). The number of benzene rings is 1. The van der Waals surface area contributed by atoms with Crippen molar-refractivity contribution in [2.45, 2.75) is 26.2 Å². The Hall–Kier alpha value is -0.680. The molecule has 0 saturated carbocycles. The number of nitrogen functional groups attached to an aromatic ring is 1. The van der Waals surface area contributed by atoms with E-state index in [0.717, 1.165) is 29.4 Å². The second kappa shape index (κ2) is 8.48. The first-order chi connectivity index (χ1) is 9.06. The van der Waals surface area contributed by atoms with Gasteiger partial charge in [-0.15, -0.1) is 0 Å². The molecule has 3 N–H and O–H groups in total. The number of hydrogen-bond acceptors (Lipinski definition) is 3. The van der Waals surface area contributed by atoms with Crippen LogP contribution in [0.25, 0.3) is 0 Å². The number of carbonyl (C=O) groups is 1. The summed E-state index contributed by atoms with van der Waals surface area (Å²) in [6.07, 6.45) is 5.50. The van der Waals surface area contributed by atoms with E-state index in [0.29, 0.717) is 11.3 Å². The fraction of sp³-hybridized carbons (Fsp3) is 0.500. The molecule has 1 aromatic rings. The molecule has 5 heteroatoms. The van der Waals surface area contributed by atoms with Gasteiger partial charge in [0.15, 0.2) is 0 Å². The minimum absolute atomic E-state index is 0.0460. The lowest BCUT2D eigenvalue weighted by Gasteiger charge is -2.10. The van der Waals surface area contributed by atoms with E-state index < -0.39 is 0 Å². The number of carbonyl (C=O) groups excluding carboxylic acids is 1. The number of nitrogens with two attached hydrogens (primary N) is 1. The SMILES string of the molecule is CSCCCCCNC(=O)c1cc(Br)cc(N)c1C. The lowest BCUT2D eigenvalue weighted by atomic mass is 10.1. The predicted octanol–water partition coefficient (Wildman–Crippen LogP) is 3.60. The minimum atomic E-state index is -0.0460. The second-order valence-electron chi connectivity index (χ2n) is 4.48. The zero-order valence-electron chi connectivity index (χ0n) is 11.5. The van der Waals surface area contributed by atoms with Crippen LogP contribution in [0.5, 0.6) is 0 Å². The number of halogens is 1. The molecule has 0 heterocycles. The van der Waals surface area contributed by atoms with Gasteiger partial charge in [0, 0.05) is 22.3 Å². The summed E-state index contributed by atoms with van der Waals surface area (Å²) in [6.45, 7) is 2.59. The molecule has 0 aliphatic carbocycles. The molecule has 3 nitrogen and oxygen atoms in total. The highest BCUT2D eigenvalue weighted by Gasteiger charge is 2.11. The van der Waals surface area contributed by atoms with E-state index in [1.54, 1.807) is 0 Å². The van der Waals surface area contributed by atoms with Gasteiger partial charge in [-0.1, -0.05) is 22.4 Å². The van der Waals surface area contributed by atoms with Crippen LogP contribution >= 0.6 is 27.7 Å². The fourth-order valence-electron chi connectivity index (χ4n) is 1.78. The molecule has 1 rings (SSSR count). The van der Waals surface area contributed by atoms with Crippen LogP contribution < -0.4 is 11.1 Å². The molecular weight excluding hydrogens is 324 g/mol. The molecule has 0 aromatic heterocycles. The molecule has 0 atom stereocenters. The molecule has 0 bridgehead atoms. The lowest BCUT2D eigenvalue weighted by molar-refractivity contribution is 0.0952. The lowest BCUT2D eigenvalue weighted by Crippen LogP contribution is -2.25. The number of unbranched alkanes of at least 4 members (excludes halogenated alkanes) is 2. The normalized spacial score (nSPS) is 10.5. The molecule has 0 aliphatic rings. The van der Waals surface area contributed by atoms with Crippen molar-refractivity contribution in [3.63, 3.8) is 0 Å². The molecule has 0 spiro atoms.